The lowest BCUT2D eigenvalue weighted by Gasteiger charge is -2.30. The highest BCUT2D eigenvalue weighted by molar-refractivity contribution is 7.89. The van der Waals surface area contributed by atoms with Crippen LogP contribution in [0.2, 0.25) is 0 Å². The minimum Gasteiger partial charge on any atom is -0.302 e. The second-order valence-electron chi connectivity index (χ2n) is 6.47. The average Bonchev–Trinajstić information content (AvgIpc) is 3.11. The van der Waals surface area contributed by atoms with Crippen molar-refractivity contribution in [2.75, 3.05) is 18.4 Å². The summed E-state index contributed by atoms with van der Waals surface area (Å²) in [6.45, 7) is 0.685. The van der Waals surface area contributed by atoms with Crippen LogP contribution in [0, 0.1) is 5.92 Å². The van der Waals surface area contributed by atoms with E-state index in [0.717, 1.165) is 10.2 Å². The molecule has 2 heterocycles. The van der Waals surface area contributed by atoms with Gasteiger partial charge in [-0.1, -0.05) is 41.7 Å². The number of aromatic nitrogens is 1. The van der Waals surface area contributed by atoms with Gasteiger partial charge in [0.05, 0.1) is 15.1 Å². The van der Waals surface area contributed by atoms with E-state index in [1.165, 1.54) is 15.6 Å². The minimum atomic E-state index is -3.50. The SMILES string of the molecule is O=C(Nc1nc2ccccc2s1)C1CCN(S(=O)(=O)c2ccccc2)CC1. The topological polar surface area (TPSA) is 79.4 Å². The number of fused-ring (bicyclic) bond motifs is 1. The van der Waals surface area contributed by atoms with Gasteiger partial charge in [0.25, 0.3) is 0 Å². The number of piperidine rings is 1. The molecule has 1 fully saturated rings. The number of sulfonamides is 1. The van der Waals surface area contributed by atoms with Gasteiger partial charge in [0.1, 0.15) is 0 Å². The first-order chi connectivity index (χ1) is 13.0. The summed E-state index contributed by atoms with van der Waals surface area (Å²) in [5, 5.41) is 3.47. The van der Waals surface area contributed by atoms with Crippen molar-refractivity contribution in [2.24, 2.45) is 5.92 Å². The largest absolute Gasteiger partial charge is 0.302 e. The van der Waals surface area contributed by atoms with Crippen molar-refractivity contribution in [2.45, 2.75) is 17.7 Å². The van der Waals surface area contributed by atoms with Gasteiger partial charge in [-0.3, -0.25) is 4.79 Å². The Kier molecular flexibility index (Phi) is 4.94. The van der Waals surface area contributed by atoms with Crippen LogP contribution in [0.5, 0.6) is 0 Å². The van der Waals surface area contributed by atoms with Crippen LogP contribution in [-0.2, 0) is 14.8 Å². The molecule has 1 aliphatic rings. The molecule has 8 heteroatoms. The van der Waals surface area contributed by atoms with Gasteiger partial charge in [-0.15, -0.1) is 0 Å². The van der Waals surface area contributed by atoms with Crippen LogP contribution in [0.15, 0.2) is 59.5 Å². The van der Waals surface area contributed by atoms with Gasteiger partial charge >= 0.3 is 0 Å². The highest BCUT2D eigenvalue weighted by Gasteiger charge is 2.32. The number of nitrogens with zero attached hydrogens (tertiary/aromatic N) is 2. The molecule has 3 aromatic rings. The second kappa shape index (κ2) is 7.38. The number of hydrogen-bond donors (Lipinski definition) is 1. The first-order valence-corrected chi connectivity index (χ1v) is 11.0. The number of thiazole rings is 1. The standard InChI is InChI=1S/C19H19N3O3S2/c23-18(21-19-20-16-8-4-5-9-17(16)26-19)14-10-12-22(13-11-14)27(24,25)15-6-2-1-3-7-15/h1-9,14H,10-13H2,(H,20,21,23). The molecule has 0 aliphatic carbocycles. The van der Waals surface area contributed by atoms with Crippen molar-refractivity contribution in [3.05, 3.63) is 54.6 Å². The minimum absolute atomic E-state index is 0.0918. The van der Waals surface area contributed by atoms with E-state index in [2.05, 4.69) is 10.3 Å². The quantitative estimate of drug-likeness (QED) is 0.727. The Bertz CT molecular complexity index is 1020. The Labute approximate surface area is 161 Å². The molecule has 1 amide bonds. The number of anilines is 1. The number of carbonyl (C=O) groups excluding carboxylic acids is 1. The fraction of sp³-hybridized carbons (Fsp3) is 0.263. The van der Waals surface area contributed by atoms with Gasteiger partial charge in [0.15, 0.2) is 5.13 Å². The molecule has 1 aromatic heterocycles. The van der Waals surface area contributed by atoms with Crippen molar-refractivity contribution in [1.82, 2.24) is 9.29 Å². The maximum Gasteiger partial charge on any atom is 0.243 e. The van der Waals surface area contributed by atoms with Gasteiger partial charge in [-0.25, -0.2) is 13.4 Å². The first-order valence-electron chi connectivity index (χ1n) is 8.76. The summed E-state index contributed by atoms with van der Waals surface area (Å²) < 4.78 is 27.8. The fourth-order valence-electron chi connectivity index (χ4n) is 3.23. The molecular formula is C19H19N3O3S2. The molecule has 140 valence electrons. The van der Waals surface area contributed by atoms with Crippen LogP contribution in [0.4, 0.5) is 5.13 Å². The first kappa shape index (κ1) is 18.1. The second-order valence-corrected chi connectivity index (χ2v) is 9.44. The molecule has 0 spiro atoms. The van der Waals surface area contributed by atoms with E-state index in [1.54, 1.807) is 30.3 Å². The number of amides is 1. The van der Waals surface area contributed by atoms with Crippen molar-refractivity contribution in [3.63, 3.8) is 0 Å². The van der Waals surface area contributed by atoms with Crippen LogP contribution in [0.1, 0.15) is 12.8 Å². The van der Waals surface area contributed by atoms with Crippen molar-refractivity contribution in [3.8, 4) is 0 Å². The van der Waals surface area contributed by atoms with E-state index >= 15 is 0 Å². The molecule has 2 aromatic carbocycles. The summed E-state index contributed by atoms with van der Waals surface area (Å²) in [5.74, 6) is -0.301. The summed E-state index contributed by atoms with van der Waals surface area (Å²) in [4.78, 5) is 17.3. The average molecular weight is 402 g/mol. The molecule has 4 rings (SSSR count). The molecule has 0 saturated carbocycles. The van der Waals surface area contributed by atoms with Gasteiger partial charge in [-0.05, 0) is 37.1 Å². The molecule has 0 atom stereocenters. The monoisotopic (exact) mass is 401 g/mol. The van der Waals surface area contributed by atoms with E-state index in [0.29, 0.717) is 36.0 Å². The van der Waals surface area contributed by atoms with E-state index in [9.17, 15) is 13.2 Å². The summed E-state index contributed by atoms with van der Waals surface area (Å²) >= 11 is 1.44. The van der Waals surface area contributed by atoms with Crippen molar-refractivity contribution >= 4 is 42.6 Å². The lowest BCUT2D eigenvalue weighted by Crippen LogP contribution is -2.41. The van der Waals surface area contributed by atoms with Gasteiger partial charge < -0.3 is 5.32 Å². The molecular weight excluding hydrogens is 382 g/mol. The smallest absolute Gasteiger partial charge is 0.243 e. The number of rotatable bonds is 4. The van der Waals surface area contributed by atoms with Crippen LogP contribution >= 0.6 is 11.3 Å². The Hall–Kier alpha value is -2.29. The third kappa shape index (κ3) is 3.73. The predicted molar refractivity (Wildman–Crippen MR) is 106 cm³/mol. The highest BCUT2D eigenvalue weighted by Crippen LogP contribution is 2.28. The zero-order valence-electron chi connectivity index (χ0n) is 14.5. The zero-order chi connectivity index (χ0) is 18.9. The zero-order valence-corrected chi connectivity index (χ0v) is 16.2. The lowest BCUT2D eigenvalue weighted by molar-refractivity contribution is -0.120. The maximum absolute atomic E-state index is 12.7. The molecule has 0 unspecified atom stereocenters. The van der Waals surface area contributed by atoms with Gasteiger partial charge in [-0.2, -0.15) is 4.31 Å². The Balaban J connectivity index is 1.39. The normalized spacial score (nSPS) is 16.4. The molecule has 0 radical (unpaired) electrons. The summed E-state index contributed by atoms with van der Waals surface area (Å²) in [5.41, 5.74) is 0.863. The van der Waals surface area contributed by atoms with Crippen molar-refractivity contribution < 1.29 is 13.2 Å². The number of benzene rings is 2. The molecule has 0 bridgehead atoms. The van der Waals surface area contributed by atoms with E-state index in [1.807, 2.05) is 24.3 Å². The predicted octanol–water partition coefficient (Wildman–Crippen LogP) is 3.34. The summed E-state index contributed by atoms with van der Waals surface area (Å²) in [6.07, 6.45) is 1.01. The Morgan fingerprint density at radius 2 is 1.70 bits per heavy atom. The van der Waals surface area contributed by atoms with Crippen LogP contribution in [0.3, 0.4) is 0 Å². The number of carbonyl (C=O) groups is 1. The molecule has 27 heavy (non-hydrogen) atoms. The number of hydrogen-bond acceptors (Lipinski definition) is 5. The third-order valence-corrected chi connectivity index (χ3v) is 7.59. The van der Waals surface area contributed by atoms with Crippen molar-refractivity contribution in [1.29, 1.82) is 0 Å². The molecule has 1 N–H and O–H groups in total. The fourth-order valence-corrected chi connectivity index (χ4v) is 5.59. The lowest BCUT2D eigenvalue weighted by atomic mass is 9.97. The van der Waals surface area contributed by atoms with E-state index in [-0.39, 0.29) is 11.8 Å². The van der Waals surface area contributed by atoms with Crippen LogP contribution in [0.25, 0.3) is 10.2 Å². The summed E-state index contributed by atoms with van der Waals surface area (Å²) in [7, 11) is -3.50. The van der Waals surface area contributed by atoms with E-state index < -0.39 is 10.0 Å². The van der Waals surface area contributed by atoms with Crippen LogP contribution in [-0.4, -0.2) is 36.7 Å². The maximum atomic E-state index is 12.7. The highest BCUT2D eigenvalue weighted by atomic mass is 32.2. The van der Waals surface area contributed by atoms with E-state index in [4.69, 9.17) is 0 Å². The summed E-state index contributed by atoms with van der Waals surface area (Å²) in [6, 6.07) is 16.1. The Morgan fingerprint density at radius 3 is 2.41 bits per heavy atom. The number of para-hydroxylation sites is 1. The van der Waals surface area contributed by atoms with Gasteiger partial charge in [0, 0.05) is 19.0 Å². The number of nitrogens with one attached hydrogen (secondary N) is 1. The third-order valence-electron chi connectivity index (χ3n) is 4.73. The molecule has 1 saturated heterocycles. The molecule has 1 aliphatic heterocycles. The Morgan fingerprint density at radius 1 is 1.04 bits per heavy atom. The van der Waals surface area contributed by atoms with Crippen LogP contribution < -0.4 is 5.32 Å². The van der Waals surface area contributed by atoms with Gasteiger partial charge in [0.2, 0.25) is 15.9 Å². The molecule has 6 nitrogen and oxygen atoms in total.